The number of carbonyl (C=O) groups excluding carboxylic acids is 1. The summed E-state index contributed by atoms with van der Waals surface area (Å²) in [6, 6.07) is -1.24. The van der Waals surface area contributed by atoms with Crippen molar-refractivity contribution >= 4 is 12.0 Å². The summed E-state index contributed by atoms with van der Waals surface area (Å²) in [7, 11) is 1.61. The van der Waals surface area contributed by atoms with Crippen molar-refractivity contribution in [1.82, 2.24) is 10.2 Å². The predicted octanol–water partition coefficient (Wildman–Crippen LogP) is 1.70. The fourth-order valence-corrected chi connectivity index (χ4v) is 1.40. The third-order valence-electron chi connectivity index (χ3n) is 2.61. The lowest BCUT2D eigenvalue weighted by molar-refractivity contribution is -0.140. The zero-order valence-electron chi connectivity index (χ0n) is 11.0. The van der Waals surface area contributed by atoms with Crippen LogP contribution in [0.4, 0.5) is 4.79 Å². The molecule has 98 valence electrons. The first-order valence-corrected chi connectivity index (χ1v) is 5.68. The fraction of sp³-hybridized carbons (Fsp3) is 0.667. The van der Waals surface area contributed by atoms with Gasteiger partial charge in [-0.3, -0.25) is 0 Å². The summed E-state index contributed by atoms with van der Waals surface area (Å²) in [5.41, 5.74) is 0.845. The number of rotatable bonds is 6. The van der Waals surface area contributed by atoms with Gasteiger partial charge in [-0.25, -0.2) is 9.59 Å². The number of carboxylic acids is 1. The van der Waals surface area contributed by atoms with Gasteiger partial charge in [-0.05, 0) is 12.8 Å². The van der Waals surface area contributed by atoms with Gasteiger partial charge < -0.3 is 15.3 Å². The Balaban J connectivity index is 4.50. The highest BCUT2D eigenvalue weighted by atomic mass is 16.4. The second-order valence-electron chi connectivity index (χ2n) is 4.46. The molecule has 2 atom stereocenters. The number of likely N-dealkylation sites (N-methyl/N-ethyl adjacent to an activating group) is 1. The Kier molecular flexibility index (Phi) is 6.31. The Morgan fingerprint density at radius 1 is 1.47 bits per heavy atom. The van der Waals surface area contributed by atoms with Gasteiger partial charge in [0.25, 0.3) is 0 Å². The van der Waals surface area contributed by atoms with E-state index < -0.39 is 12.0 Å². The lowest BCUT2D eigenvalue weighted by atomic mass is 9.99. The quantitative estimate of drug-likeness (QED) is 0.696. The van der Waals surface area contributed by atoms with Crippen LogP contribution < -0.4 is 5.32 Å². The molecule has 0 aromatic rings. The van der Waals surface area contributed by atoms with Gasteiger partial charge in [-0.2, -0.15) is 0 Å². The number of amides is 2. The van der Waals surface area contributed by atoms with Crippen LogP contribution in [0.2, 0.25) is 0 Å². The molecule has 5 heteroatoms. The monoisotopic (exact) mass is 242 g/mol. The van der Waals surface area contributed by atoms with Crippen LogP contribution in [-0.4, -0.2) is 41.6 Å². The van der Waals surface area contributed by atoms with Crippen molar-refractivity contribution in [3.05, 3.63) is 12.2 Å². The van der Waals surface area contributed by atoms with Crippen molar-refractivity contribution in [1.29, 1.82) is 0 Å². The Morgan fingerprint density at radius 3 is 2.35 bits per heavy atom. The first-order valence-electron chi connectivity index (χ1n) is 5.68. The van der Waals surface area contributed by atoms with Crippen LogP contribution >= 0.6 is 0 Å². The minimum atomic E-state index is -1.00. The lowest BCUT2D eigenvalue weighted by Crippen LogP contribution is -2.49. The zero-order valence-corrected chi connectivity index (χ0v) is 11.0. The average molecular weight is 242 g/mol. The fourth-order valence-electron chi connectivity index (χ4n) is 1.40. The topological polar surface area (TPSA) is 69.6 Å². The predicted molar refractivity (Wildman–Crippen MR) is 66.9 cm³/mol. The van der Waals surface area contributed by atoms with Crippen molar-refractivity contribution in [2.45, 2.75) is 33.2 Å². The Labute approximate surface area is 102 Å². The highest BCUT2D eigenvalue weighted by Crippen LogP contribution is 2.08. The van der Waals surface area contributed by atoms with Crippen LogP contribution in [0.1, 0.15) is 27.2 Å². The first-order chi connectivity index (χ1) is 7.79. The summed E-state index contributed by atoms with van der Waals surface area (Å²) in [4.78, 5) is 24.2. The second kappa shape index (κ2) is 6.93. The van der Waals surface area contributed by atoms with E-state index in [-0.39, 0.29) is 11.9 Å². The highest BCUT2D eigenvalue weighted by molar-refractivity contribution is 5.82. The average Bonchev–Trinajstić information content (AvgIpc) is 2.22. The van der Waals surface area contributed by atoms with Crippen molar-refractivity contribution in [3.63, 3.8) is 0 Å². The molecule has 0 spiro atoms. The molecule has 0 aromatic carbocycles. The molecule has 0 aliphatic rings. The number of carboxylic acid groups (broad SMARTS) is 1. The van der Waals surface area contributed by atoms with Crippen LogP contribution in [0.5, 0.6) is 0 Å². The normalized spacial score (nSPS) is 13.6. The summed E-state index contributed by atoms with van der Waals surface area (Å²) in [6.07, 6.45) is 0.696. The summed E-state index contributed by atoms with van der Waals surface area (Å²) in [6.45, 7) is 9.63. The maximum atomic E-state index is 11.7. The van der Waals surface area contributed by atoms with E-state index in [1.165, 1.54) is 4.90 Å². The lowest BCUT2D eigenvalue weighted by Gasteiger charge is -2.24. The second-order valence-corrected chi connectivity index (χ2v) is 4.46. The van der Waals surface area contributed by atoms with Crippen LogP contribution in [0.15, 0.2) is 12.2 Å². The zero-order chi connectivity index (χ0) is 13.6. The van der Waals surface area contributed by atoms with E-state index in [1.807, 2.05) is 13.8 Å². The molecule has 2 unspecified atom stereocenters. The summed E-state index contributed by atoms with van der Waals surface area (Å²) >= 11 is 0. The number of hydrogen-bond donors (Lipinski definition) is 2. The third-order valence-corrected chi connectivity index (χ3v) is 2.61. The standard InChI is InChI=1S/C12H22N2O3/c1-6-9(4)10(11(15)16)13-12(17)14(5)7-8(2)3/h9-10H,2,6-7H2,1,3-5H3,(H,13,17)(H,15,16). The smallest absolute Gasteiger partial charge is 0.326 e. The highest BCUT2D eigenvalue weighted by Gasteiger charge is 2.26. The van der Waals surface area contributed by atoms with E-state index in [0.29, 0.717) is 13.0 Å². The van der Waals surface area contributed by atoms with Gasteiger partial charge in [0.1, 0.15) is 6.04 Å². The van der Waals surface area contributed by atoms with E-state index in [4.69, 9.17) is 5.11 Å². The molecular weight excluding hydrogens is 220 g/mol. The van der Waals surface area contributed by atoms with Gasteiger partial charge >= 0.3 is 12.0 Å². The van der Waals surface area contributed by atoms with Gasteiger partial charge in [0.15, 0.2) is 0 Å². The maximum absolute atomic E-state index is 11.7. The largest absolute Gasteiger partial charge is 0.480 e. The van der Waals surface area contributed by atoms with Crippen LogP contribution in [0, 0.1) is 5.92 Å². The number of nitrogens with zero attached hydrogens (tertiary/aromatic N) is 1. The van der Waals surface area contributed by atoms with Gasteiger partial charge in [0.05, 0.1) is 0 Å². The van der Waals surface area contributed by atoms with Gasteiger partial charge in [-0.15, -0.1) is 0 Å². The SMILES string of the molecule is C=C(C)CN(C)C(=O)NC(C(=O)O)C(C)CC. The van der Waals surface area contributed by atoms with Crippen molar-refractivity contribution in [2.75, 3.05) is 13.6 Å². The molecule has 5 nitrogen and oxygen atoms in total. The number of hydrogen-bond acceptors (Lipinski definition) is 2. The van der Waals surface area contributed by atoms with E-state index in [1.54, 1.807) is 14.0 Å². The van der Waals surface area contributed by atoms with E-state index in [2.05, 4.69) is 11.9 Å². The van der Waals surface area contributed by atoms with Gasteiger partial charge in [0, 0.05) is 13.6 Å². The minimum absolute atomic E-state index is 0.102. The van der Waals surface area contributed by atoms with E-state index >= 15 is 0 Å². The number of carbonyl (C=O) groups is 2. The molecule has 0 saturated heterocycles. The molecule has 2 amide bonds. The van der Waals surface area contributed by atoms with Gasteiger partial charge in [0.2, 0.25) is 0 Å². The molecule has 0 saturated carbocycles. The summed E-state index contributed by atoms with van der Waals surface area (Å²) in [5, 5.41) is 11.6. The maximum Gasteiger partial charge on any atom is 0.326 e. The van der Waals surface area contributed by atoms with Crippen molar-refractivity contribution < 1.29 is 14.7 Å². The Hall–Kier alpha value is -1.52. The molecule has 0 aliphatic heterocycles. The van der Waals surface area contributed by atoms with E-state index in [9.17, 15) is 9.59 Å². The number of urea groups is 1. The molecule has 2 N–H and O–H groups in total. The molecule has 0 aliphatic carbocycles. The summed E-state index contributed by atoms with van der Waals surface area (Å²) in [5.74, 6) is -1.11. The number of aliphatic carboxylic acids is 1. The Bertz CT molecular complexity index is 302. The molecule has 0 rings (SSSR count). The van der Waals surface area contributed by atoms with E-state index in [0.717, 1.165) is 5.57 Å². The number of nitrogens with one attached hydrogen (secondary N) is 1. The molecule has 0 fully saturated rings. The van der Waals surface area contributed by atoms with Crippen LogP contribution in [-0.2, 0) is 4.79 Å². The molecule has 0 bridgehead atoms. The molecule has 0 aromatic heterocycles. The molecule has 17 heavy (non-hydrogen) atoms. The van der Waals surface area contributed by atoms with Crippen LogP contribution in [0.25, 0.3) is 0 Å². The molecule has 0 heterocycles. The minimum Gasteiger partial charge on any atom is -0.480 e. The summed E-state index contributed by atoms with van der Waals surface area (Å²) < 4.78 is 0. The van der Waals surface area contributed by atoms with Crippen molar-refractivity contribution in [3.8, 4) is 0 Å². The van der Waals surface area contributed by atoms with Crippen LogP contribution in [0.3, 0.4) is 0 Å². The Morgan fingerprint density at radius 2 is 2.00 bits per heavy atom. The third kappa shape index (κ3) is 5.38. The molecule has 0 radical (unpaired) electrons. The van der Waals surface area contributed by atoms with Crippen molar-refractivity contribution in [2.24, 2.45) is 5.92 Å². The first kappa shape index (κ1) is 15.5. The van der Waals surface area contributed by atoms with Gasteiger partial charge in [-0.1, -0.05) is 32.4 Å². The molecular formula is C12H22N2O3.